The van der Waals surface area contributed by atoms with Gasteiger partial charge in [-0.2, -0.15) is 0 Å². The van der Waals surface area contributed by atoms with Gasteiger partial charge in [-0.1, -0.05) is 6.07 Å². The van der Waals surface area contributed by atoms with Crippen LogP contribution in [-0.2, 0) is 0 Å². The minimum Gasteiger partial charge on any atom is -0.303 e. The molecule has 0 aliphatic carbocycles. The number of nitrogens with zero attached hydrogens (tertiary/aromatic N) is 3. The van der Waals surface area contributed by atoms with Crippen molar-refractivity contribution in [2.75, 3.05) is 33.7 Å². The van der Waals surface area contributed by atoms with Crippen LogP contribution in [0, 0.1) is 6.92 Å². The summed E-state index contributed by atoms with van der Waals surface area (Å²) in [5.74, 6) is 0.200. The average Bonchev–Trinajstić information content (AvgIpc) is 2.48. The molecule has 1 unspecified atom stereocenters. The number of pyridine rings is 1. The van der Waals surface area contributed by atoms with E-state index in [1.807, 2.05) is 44.3 Å². The highest BCUT2D eigenvalue weighted by molar-refractivity contribution is 6.02. The molecule has 2 aromatic rings. The molecule has 4 heteroatoms. The Bertz CT molecular complexity index is 683. The molecule has 21 heavy (non-hydrogen) atoms. The highest BCUT2D eigenvalue weighted by atomic mass is 16.1. The zero-order valence-corrected chi connectivity index (χ0v) is 12.8. The lowest BCUT2D eigenvalue weighted by Crippen LogP contribution is -2.53. The lowest BCUT2D eigenvalue weighted by atomic mass is 9.99. The molecule has 1 atom stereocenters. The van der Waals surface area contributed by atoms with E-state index in [0.29, 0.717) is 0 Å². The fraction of sp³-hybridized carbons (Fsp3) is 0.412. The monoisotopic (exact) mass is 283 g/mol. The van der Waals surface area contributed by atoms with E-state index in [1.165, 1.54) is 0 Å². The molecule has 3 rings (SSSR count). The summed E-state index contributed by atoms with van der Waals surface area (Å²) in [6.07, 6.45) is 0. The van der Waals surface area contributed by atoms with Crippen molar-refractivity contribution in [1.29, 1.82) is 0 Å². The summed E-state index contributed by atoms with van der Waals surface area (Å²) in [5, 5.41) is 1.03. The minimum absolute atomic E-state index is 0.0559. The zero-order chi connectivity index (χ0) is 15.0. The van der Waals surface area contributed by atoms with Crippen LogP contribution in [0.5, 0.6) is 0 Å². The Morgan fingerprint density at radius 3 is 2.81 bits per heavy atom. The Labute approximate surface area is 125 Å². The number of hydrogen-bond acceptors (Lipinski definition) is 4. The summed E-state index contributed by atoms with van der Waals surface area (Å²) in [7, 11) is 4.10. The van der Waals surface area contributed by atoms with Crippen LogP contribution in [0.15, 0.2) is 30.3 Å². The van der Waals surface area contributed by atoms with Gasteiger partial charge in [0.05, 0.1) is 11.6 Å². The third-order valence-corrected chi connectivity index (χ3v) is 4.27. The number of likely N-dealkylation sites (N-methyl/N-ethyl adjacent to an activating group) is 2. The van der Waals surface area contributed by atoms with Crippen LogP contribution in [0.25, 0.3) is 10.9 Å². The first-order valence-electron chi connectivity index (χ1n) is 7.35. The molecular weight excluding hydrogens is 262 g/mol. The van der Waals surface area contributed by atoms with Gasteiger partial charge in [-0.25, -0.2) is 0 Å². The highest BCUT2D eigenvalue weighted by Gasteiger charge is 2.29. The van der Waals surface area contributed by atoms with Crippen LogP contribution in [-0.4, -0.2) is 60.3 Å². The number of carbonyl (C=O) groups excluding carboxylic acids is 1. The van der Waals surface area contributed by atoms with Crippen LogP contribution in [0.1, 0.15) is 16.1 Å². The number of piperazine rings is 1. The van der Waals surface area contributed by atoms with Gasteiger partial charge in [0, 0.05) is 36.3 Å². The molecule has 1 fully saturated rings. The SMILES string of the molecule is Cc1ccc2cc(C(=O)C3CN(C)CCN3C)ccc2n1. The number of carbonyl (C=O) groups is 1. The molecule has 0 N–H and O–H groups in total. The number of Topliss-reactive ketones (excluding diaryl/α,β-unsaturated/α-hetero) is 1. The van der Waals surface area contributed by atoms with Crippen LogP contribution >= 0.6 is 0 Å². The first-order chi connectivity index (χ1) is 10.0. The number of aryl methyl sites for hydroxylation is 1. The molecule has 0 radical (unpaired) electrons. The molecule has 1 saturated heterocycles. The van der Waals surface area contributed by atoms with Crippen molar-refractivity contribution in [3.63, 3.8) is 0 Å². The number of fused-ring (bicyclic) bond motifs is 1. The molecular formula is C17H21N3O. The number of ketones is 1. The van der Waals surface area contributed by atoms with Crippen LogP contribution in [0.2, 0.25) is 0 Å². The highest BCUT2D eigenvalue weighted by Crippen LogP contribution is 2.18. The number of hydrogen-bond donors (Lipinski definition) is 0. The molecule has 0 bridgehead atoms. The Morgan fingerprint density at radius 2 is 2.00 bits per heavy atom. The van der Waals surface area contributed by atoms with Crippen LogP contribution < -0.4 is 0 Å². The first-order valence-corrected chi connectivity index (χ1v) is 7.35. The summed E-state index contributed by atoms with van der Waals surface area (Å²) >= 11 is 0. The molecule has 0 amide bonds. The second-order valence-corrected chi connectivity index (χ2v) is 5.98. The topological polar surface area (TPSA) is 36.4 Å². The van der Waals surface area contributed by atoms with E-state index in [0.717, 1.165) is 41.8 Å². The molecule has 1 aromatic carbocycles. The third kappa shape index (κ3) is 2.82. The maximum Gasteiger partial charge on any atom is 0.181 e. The van der Waals surface area contributed by atoms with E-state index in [-0.39, 0.29) is 11.8 Å². The predicted octanol–water partition coefficient (Wildman–Crippen LogP) is 1.97. The predicted molar refractivity (Wildman–Crippen MR) is 84.7 cm³/mol. The van der Waals surface area contributed by atoms with Gasteiger partial charge in [0.25, 0.3) is 0 Å². The van der Waals surface area contributed by atoms with Gasteiger partial charge < -0.3 is 4.90 Å². The van der Waals surface area contributed by atoms with Gasteiger partial charge >= 0.3 is 0 Å². The van der Waals surface area contributed by atoms with Gasteiger partial charge in [-0.05, 0) is 45.3 Å². The van der Waals surface area contributed by atoms with Crippen molar-refractivity contribution >= 4 is 16.7 Å². The quantitative estimate of drug-likeness (QED) is 0.790. The fourth-order valence-electron chi connectivity index (χ4n) is 2.87. The molecule has 1 aromatic heterocycles. The fourth-order valence-corrected chi connectivity index (χ4v) is 2.87. The number of benzene rings is 1. The van der Waals surface area contributed by atoms with Gasteiger partial charge in [-0.15, -0.1) is 0 Å². The van der Waals surface area contributed by atoms with Crippen LogP contribution in [0.3, 0.4) is 0 Å². The number of rotatable bonds is 2. The Kier molecular flexibility index (Phi) is 3.74. The van der Waals surface area contributed by atoms with Crippen molar-refractivity contribution < 1.29 is 4.79 Å². The van der Waals surface area contributed by atoms with E-state index >= 15 is 0 Å². The van der Waals surface area contributed by atoms with Crippen molar-refractivity contribution in [2.24, 2.45) is 0 Å². The summed E-state index contributed by atoms with van der Waals surface area (Å²) in [4.78, 5) is 21.6. The lowest BCUT2D eigenvalue weighted by molar-refractivity contribution is 0.0686. The molecule has 0 spiro atoms. The first kappa shape index (κ1) is 14.2. The largest absolute Gasteiger partial charge is 0.303 e. The van der Waals surface area contributed by atoms with Crippen molar-refractivity contribution in [3.05, 3.63) is 41.6 Å². The maximum absolute atomic E-state index is 12.8. The van der Waals surface area contributed by atoms with Crippen LogP contribution in [0.4, 0.5) is 0 Å². The smallest absolute Gasteiger partial charge is 0.181 e. The molecule has 1 aliphatic heterocycles. The molecule has 0 saturated carbocycles. The van der Waals surface area contributed by atoms with Crippen molar-refractivity contribution in [1.82, 2.24) is 14.8 Å². The van der Waals surface area contributed by atoms with E-state index in [2.05, 4.69) is 21.8 Å². The van der Waals surface area contributed by atoms with E-state index in [4.69, 9.17) is 0 Å². The minimum atomic E-state index is -0.0559. The third-order valence-electron chi connectivity index (χ3n) is 4.27. The summed E-state index contributed by atoms with van der Waals surface area (Å²) in [5.41, 5.74) is 2.72. The van der Waals surface area contributed by atoms with E-state index in [9.17, 15) is 4.79 Å². The van der Waals surface area contributed by atoms with Gasteiger partial charge in [0.1, 0.15) is 0 Å². The number of aromatic nitrogens is 1. The standard InChI is InChI=1S/C17H21N3O/c1-12-4-5-13-10-14(6-7-15(13)18-12)17(21)16-11-19(2)8-9-20(16)3/h4-7,10,16H,8-9,11H2,1-3H3. The molecule has 2 heterocycles. The Hall–Kier alpha value is -1.78. The van der Waals surface area contributed by atoms with Gasteiger partial charge in [-0.3, -0.25) is 14.7 Å². The summed E-state index contributed by atoms with van der Waals surface area (Å²) in [6.45, 7) is 4.72. The lowest BCUT2D eigenvalue weighted by Gasteiger charge is -2.36. The Morgan fingerprint density at radius 1 is 1.19 bits per heavy atom. The average molecular weight is 283 g/mol. The molecule has 1 aliphatic rings. The van der Waals surface area contributed by atoms with E-state index < -0.39 is 0 Å². The van der Waals surface area contributed by atoms with Crippen molar-refractivity contribution in [2.45, 2.75) is 13.0 Å². The molecule has 110 valence electrons. The summed E-state index contributed by atoms with van der Waals surface area (Å²) in [6, 6.07) is 9.77. The Balaban J connectivity index is 1.92. The zero-order valence-electron chi connectivity index (χ0n) is 12.8. The summed E-state index contributed by atoms with van der Waals surface area (Å²) < 4.78 is 0. The van der Waals surface area contributed by atoms with Gasteiger partial charge in [0.15, 0.2) is 5.78 Å². The molecule has 4 nitrogen and oxygen atoms in total. The van der Waals surface area contributed by atoms with Crippen molar-refractivity contribution in [3.8, 4) is 0 Å². The normalized spacial score (nSPS) is 20.8. The maximum atomic E-state index is 12.8. The van der Waals surface area contributed by atoms with Gasteiger partial charge in [0.2, 0.25) is 0 Å². The second kappa shape index (κ2) is 5.54. The second-order valence-electron chi connectivity index (χ2n) is 5.98. The van der Waals surface area contributed by atoms with E-state index in [1.54, 1.807) is 0 Å².